The van der Waals surface area contributed by atoms with Crippen LogP contribution in [-0.4, -0.2) is 32.9 Å². The minimum atomic E-state index is -5.03. The first kappa shape index (κ1) is 29.3. The number of hydrogen-bond donors (Lipinski definition) is 2. The molecule has 2 saturated carbocycles. The molecule has 6 nitrogen and oxygen atoms in total. The normalized spacial score (nSPS) is 26.0. The van der Waals surface area contributed by atoms with Gasteiger partial charge in [0.1, 0.15) is 12.4 Å². The number of aliphatic hydroxyl groups is 1. The predicted octanol–water partition coefficient (Wildman–Crippen LogP) is 6.81. The first-order valence-corrected chi connectivity index (χ1v) is 13.8. The summed E-state index contributed by atoms with van der Waals surface area (Å²) in [7, 11) is 0. The van der Waals surface area contributed by atoms with E-state index in [0.717, 1.165) is 17.2 Å². The number of halogens is 6. The molecule has 1 heterocycles. The van der Waals surface area contributed by atoms with Gasteiger partial charge in [0.2, 0.25) is 5.88 Å². The second-order valence-electron chi connectivity index (χ2n) is 11.8. The summed E-state index contributed by atoms with van der Waals surface area (Å²) < 4.78 is 97.8. The Balaban J connectivity index is 1.24. The van der Waals surface area contributed by atoms with Crippen molar-refractivity contribution in [2.45, 2.75) is 69.4 Å². The smallest absolute Gasteiger partial charge is 0.417 e. The molecule has 2 fully saturated rings. The van der Waals surface area contributed by atoms with E-state index in [-0.39, 0.29) is 29.3 Å². The number of rotatable bonds is 7. The van der Waals surface area contributed by atoms with Gasteiger partial charge in [-0.2, -0.15) is 13.2 Å². The molecule has 1 aromatic heterocycles. The number of hydrogen-bond acceptors (Lipinski definition) is 5. The predicted molar refractivity (Wildman–Crippen MR) is 140 cm³/mol. The maximum absolute atomic E-state index is 15.1. The summed E-state index contributed by atoms with van der Waals surface area (Å²) in [6.07, 6.45) is -2.18. The van der Waals surface area contributed by atoms with E-state index in [9.17, 15) is 32.6 Å². The number of pyridine rings is 1. The number of ether oxygens (including phenoxy) is 2. The fourth-order valence-electron chi connectivity index (χ4n) is 6.36. The standard InChI is InChI=1S/C31H27F6NO5/c1-30(41)4-2-17(3-5-30)43-28-23(33)8-15(9-24(28)34)18-7-16(22(32)11-21(18)31(35,36)37)13-42-25-10-14-6-19-26(20(14)12-38-25)27(19)29(39)40/h7-12,17,19,26-27,41H,2-6,13H2,1H3,(H,39,40). The van der Waals surface area contributed by atoms with Crippen molar-refractivity contribution in [2.75, 3.05) is 0 Å². The summed E-state index contributed by atoms with van der Waals surface area (Å²) in [5, 5.41) is 19.4. The maximum Gasteiger partial charge on any atom is 0.417 e. The van der Waals surface area contributed by atoms with Crippen molar-refractivity contribution in [3.05, 3.63) is 76.2 Å². The van der Waals surface area contributed by atoms with Gasteiger partial charge in [-0.05, 0) is 91.5 Å². The molecule has 12 heteroatoms. The third kappa shape index (κ3) is 5.64. The highest BCUT2D eigenvalue weighted by atomic mass is 19.4. The first-order chi connectivity index (χ1) is 20.2. The van der Waals surface area contributed by atoms with Gasteiger partial charge < -0.3 is 19.7 Å². The minimum absolute atomic E-state index is 0.0175. The van der Waals surface area contributed by atoms with Gasteiger partial charge in [0, 0.05) is 23.7 Å². The van der Waals surface area contributed by atoms with E-state index in [2.05, 4.69) is 4.98 Å². The third-order valence-corrected chi connectivity index (χ3v) is 8.74. The molecule has 3 atom stereocenters. The molecule has 228 valence electrons. The van der Waals surface area contributed by atoms with Crippen molar-refractivity contribution < 1.29 is 50.8 Å². The lowest BCUT2D eigenvalue weighted by molar-refractivity contribution is -0.139. The molecule has 0 saturated heterocycles. The first-order valence-electron chi connectivity index (χ1n) is 13.8. The number of aliphatic carboxylic acids is 1. The van der Waals surface area contributed by atoms with Crippen LogP contribution in [0.25, 0.3) is 11.1 Å². The second kappa shape index (κ2) is 10.4. The van der Waals surface area contributed by atoms with E-state index >= 15 is 8.78 Å². The molecule has 43 heavy (non-hydrogen) atoms. The number of nitrogens with zero attached hydrogens (tertiary/aromatic N) is 1. The van der Waals surface area contributed by atoms with Gasteiger partial charge >= 0.3 is 12.1 Å². The molecule has 3 aliphatic carbocycles. The van der Waals surface area contributed by atoms with E-state index in [0.29, 0.717) is 44.2 Å². The van der Waals surface area contributed by atoms with Gasteiger partial charge in [-0.25, -0.2) is 18.2 Å². The quantitative estimate of drug-likeness (QED) is 0.287. The van der Waals surface area contributed by atoms with Crippen LogP contribution < -0.4 is 9.47 Å². The Bertz CT molecular complexity index is 1570. The molecule has 2 N–H and O–H groups in total. The van der Waals surface area contributed by atoms with Crippen molar-refractivity contribution >= 4 is 5.97 Å². The van der Waals surface area contributed by atoms with E-state index in [4.69, 9.17) is 9.47 Å². The number of carbonyl (C=O) groups is 1. The summed E-state index contributed by atoms with van der Waals surface area (Å²) in [5.41, 5.74) is -2.08. The Morgan fingerprint density at radius 3 is 2.35 bits per heavy atom. The molecule has 3 aromatic rings. The van der Waals surface area contributed by atoms with Crippen LogP contribution in [-0.2, 0) is 24.0 Å². The molecule has 3 aliphatic rings. The lowest BCUT2D eigenvalue weighted by atomic mass is 9.85. The Morgan fingerprint density at radius 2 is 1.72 bits per heavy atom. The van der Waals surface area contributed by atoms with Gasteiger partial charge in [-0.3, -0.25) is 4.79 Å². The van der Waals surface area contributed by atoms with Crippen LogP contribution in [0.3, 0.4) is 0 Å². The molecule has 3 unspecified atom stereocenters. The molecule has 0 aliphatic heterocycles. The summed E-state index contributed by atoms with van der Waals surface area (Å²) >= 11 is 0. The van der Waals surface area contributed by atoms with Crippen molar-refractivity contribution in [1.29, 1.82) is 0 Å². The second-order valence-corrected chi connectivity index (χ2v) is 11.8. The molecular formula is C31H27F6NO5. The van der Waals surface area contributed by atoms with Gasteiger partial charge in [0.05, 0.1) is 23.2 Å². The molecule has 0 amide bonds. The Labute approximate surface area is 242 Å². The summed E-state index contributed by atoms with van der Waals surface area (Å²) in [6, 6.07) is 4.12. The van der Waals surface area contributed by atoms with Gasteiger partial charge in [-0.15, -0.1) is 0 Å². The van der Waals surface area contributed by atoms with Crippen LogP contribution >= 0.6 is 0 Å². The maximum atomic E-state index is 15.1. The van der Waals surface area contributed by atoms with Crippen LogP contribution in [0.1, 0.15) is 60.8 Å². The van der Waals surface area contributed by atoms with Crippen LogP contribution in [0.4, 0.5) is 26.3 Å². The monoisotopic (exact) mass is 607 g/mol. The average Bonchev–Trinajstić information content (AvgIpc) is 3.52. The molecule has 6 rings (SSSR count). The van der Waals surface area contributed by atoms with Crippen molar-refractivity contribution in [2.24, 2.45) is 11.8 Å². The molecule has 0 radical (unpaired) electrons. The van der Waals surface area contributed by atoms with Crippen molar-refractivity contribution in [3.8, 4) is 22.8 Å². The molecule has 0 bridgehead atoms. The zero-order valence-electron chi connectivity index (χ0n) is 22.9. The van der Waals surface area contributed by atoms with Gasteiger partial charge in [0.25, 0.3) is 0 Å². The number of carboxylic acid groups (broad SMARTS) is 1. The Hall–Kier alpha value is -3.80. The zero-order chi connectivity index (χ0) is 30.8. The fourth-order valence-corrected chi connectivity index (χ4v) is 6.36. The lowest BCUT2D eigenvalue weighted by Gasteiger charge is -2.33. The largest absolute Gasteiger partial charge is 0.484 e. The molecular weight excluding hydrogens is 580 g/mol. The highest BCUT2D eigenvalue weighted by Crippen LogP contribution is 2.61. The van der Waals surface area contributed by atoms with Crippen LogP contribution in [0.15, 0.2) is 36.5 Å². The van der Waals surface area contributed by atoms with E-state index < -0.39 is 76.3 Å². The number of aromatic nitrogens is 1. The van der Waals surface area contributed by atoms with Gasteiger partial charge in [0.15, 0.2) is 17.4 Å². The number of fused-ring (bicyclic) bond motifs is 3. The SMILES string of the molecule is CC1(O)CCC(Oc2c(F)cc(-c3cc(COc4cc5c(cn4)C4C(C5)C4C(=O)O)c(F)cc3C(F)(F)F)cc2F)CC1. The summed E-state index contributed by atoms with van der Waals surface area (Å²) in [6.45, 7) is 1.13. The number of benzene rings is 2. The summed E-state index contributed by atoms with van der Waals surface area (Å²) in [5.74, 6) is -5.74. The topological polar surface area (TPSA) is 88.9 Å². The zero-order valence-corrected chi connectivity index (χ0v) is 22.9. The van der Waals surface area contributed by atoms with E-state index in [1.165, 1.54) is 6.20 Å². The Kier molecular flexibility index (Phi) is 7.10. The third-order valence-electron chi connectivity index (χ3n) is 8.74. The summed E-state index contributed by atoms with van der Waals surface area (Å²) in [4.78, 5) is 15.5. The Morgan fingerprint density at radius 1 is 1.05 bits per heavy atom. The number of carboxylic acids is 1. The van der Waals surface area contributed by atoms with Gasteiger partial charge in [-0.1, -0.05) is 0 Å². The highest BCUT2D eigenvalue weighted by molar-refractivity contribution is 5.77. The fraction of sp³-hybridized carbons (Fsp3) is 0.419. The van der Waals surface area contributed by atoms with Crippen LogP contribution in [0.2, 0.25) is 0 Å². The highest BCUT2D eigenvalue weighted by Gasteiger charge is 2.60. The van der Waals surface area contributed by atoms with Crippen molar-refractivity contribution in [3.63, 3.8) is 0 Å². The van der Waals surface area contributed by atoms with Crippen molar-refractivity contribution in [1.82, 2.24) is 4.98 Å². The lowest BCUT2D eigenvalue weighted by Crippen LogP contribution is -2.35. The molecule has 2 aromatic carbocycles. The molecule has 0 spiro atoms. The minimum Gasteiger partial charge on any atom is -0.484 e. The van der Waals surface area contributed by atoms with E-state index in [1.54, 1.807) is 13.0 Å². The number of alkyl halides is 3. The van der Waals surface area contributed by atoms with Crippen LogP contribution in [0.5, 0.6) is 11.6 Å². The van der Waals surface area contributed by atoms with Crippen LogP contribution in [0, 0.1) is 29.3 Å². The van der Waals surface area contributed by atoms with E-state index in [1.807, 2.05) is 0 Å². The average molecular weight is 608 g/mol.